The van der Waals surface area contributed by atoms with Crippen LogP contribution in [0.3, 0.4) is 0 Å². The lowest BCUT2D eigenvalue weighted by Crippen LogP contribution is -2.38. The topological polar surface area (TPSA) is 93.9 Å². The molecule has 2 N–H and O–H groups in total. The van der Waals surface area contributed by atoms with Gasteiger partial charge in [-0.25, -0.2) is 0 Å². The lowest BCUT2D eigenvalue weighted by molar-refractivity contribution is -0.115. The Morgan fingerprint density at radius 3 is 2.36 bits per heavy atom. The lowest BCUT2D eigenvalue weighted by atomic mass is 9.65. The van der Waals surface area contributed by atoms with E-state index in [9.17, 15) is 10.1 Å². The number of rotatable bonds is 2. The normalized spacial score (nSPS) is 20.1. The van der Waals surface area contributed by atoms with Crippen LogP contribution in [0.25, 0.3) is 0 Å². The molecule has 1 aliphatic heterocycles. The van der Waals surface area contributed by atoms with E-state index in [1.54, 1.807) is 4.90 Å². The van der Waals surface area contributed by atoms with E-state index >= 15 is 0 Å². The monoisotopic (exact) mass is 292 g/mol. The third-order valence-corrected chi connectivity index (χ3v) is 4.65. The highest BCUT2D eigenvalue weighted by molar-refractivity contribution is 6.09. The SMILES string of the molecule is N#CC1=C(N)CCN(c2ccc(C3(C#N)CCC3)cc2)C1=O. The van der Waals surface area contributed by atoms with Crippen molar-refractivity contribution in [3.63, 3.8) is 0 Å². The second-order valence-corrected chi connectivity index (χ2v) is 5.81. The summed E-state index contributed by atoms with van der Waals surface area (Å²) in [7, 11) is 0. The molecular weight excluding hydrogens is 276 g/mol. The van der Waals surface area contributed by atoms with Crippen LogP contribution in [0, 0.1) is 22.7 Å². The molecule has 1 fully saturated rings. The third-order valence-electron chi connectivity index (χ3n) is 4.65. The Kier molecular flexibility index (Phi) is 3.35. The second kappa shape index (κ2) is 5.20. The van der Waals surface area contributed by atoms with Crippen LogP contribution in [0.4, 0.5) is 5.69 Å². The Morgan fingerprint density at radius 2 is 1.86 bits per heavy atom. The number of carbonyl (C=O) groups is 1. The zero-order valence-electron chi connectivity index (χ0n) is 12.2. The molecule has 0 spiro atoms. The fraction of sp³-hybridized carbons (Fsp3) is 0.353. The fourth-order valence-corrected chi connectivity index (χ4v) is 3.05. The van der Waals surface area contributed by atoms with Crippen LogP contribution >= 0.6 is 0 Å². The van der Waals surface area contributed by atoms with Crippen LogP contribution in [0.2, 0.25) is 0 Å². The van der Waals surface area contributed by atoms with E-state index in [2.05, 4.69) is 6.07 Å². The first-order valence-electron chi connectivity index (χ1n) is 7.34. The van der Waals surface area contributed by atoms with Gasteiger partial charge in [-0.05, 0) is 37.0 Å². The maximum atomic E-state index is 12.3. The molecule has 0 atom stereocenters. The number of anilines is 1. The number of benzene rings is 1. The number of hydrogen-bond donors (Lipinski definition) is 1. The van der Waals surface area contributed by atoms with Gasteiger partial charge in [0.05, 0.1) is 11.5 Å². The minimum Gasteiger partial charge on any atom is -0.401 e. The van der Waals surface area contributed by atoms with Gasteiger partial charge in [-0.1, -0.05) is 12.1 Å². The molecule has 1 aromatic rings. The third kappa shape index (κ3) is 2.03. The Labute approximate surface area is 129 Å². The molecular formula is C17H16N4O. The molecule has 0 unspecified atom stereocenters. The number of nitriles is 2. The van der Waals surface area contributed by atoms with Crippen molar-refractivity contribution >= 4 is 11.6 Å². The van der Waals surface area contributed by atoms with Gasteiger partial charge in [-0.3, -0.25) is 4.79 Å². The quantitative estimate of drug-likeness (QED) is 0.903. The second-order valence-electron chi connectivity index (χ2n) is 5.81. The molecule has 5 heteroatoms. The van der Waals surface area contributed by atoms with E-state index in [1.165, 1.54) is 0 Å². The smallest absolute Gasteiger partial charge is 0.270 e. The minimum absolute atomic E-state index is 0.0304. The number of nitrogens with two attached hydrogens (primary N) is 1. The minimum atomic E-state index is -0.355. The van der Waals surface area contributed by atoms with Gasteiger partial charge in [0.15, 0.2) is 0 Å². The zero-order valence-corrected chi connectivity index (χ0v) is 12.2. The van der Waals surface area contributed by atoms with Crippen LogP contribution in [-0.2, 0) is 10.2 Å². The predicted octanol–water partition coefficient (Wildman–Crippen LogP) is 2.10. The van der Waals surface area contributed by atoms with Crippen LogP contribution < -0.4 is 10.6 Å². The first-order chi connectivity index (χ1) is 10.6. The standard InChI is InChI=1S/C17H16N4O/c18-10-14-15(20)6-9-21(16(14)22)13-4-2-12(3-5-13)17(11-19)7-1-8-17/h2-5H,1,6-9,20H2. The van der Waals surface area contributed by atoms with Crippen LogP contribution in [-0.4, -0.2) is 12.5 Å². The van der Waals surface area contributed by atoms with Gasteiger partial charge in [-0.15, -0.1) is 0 Å². The highest BCUT2D eigenvalue weighted by Gasteiger charge is 2.39. The van der Waals surface area contributed by atoms with Gasteiger partial charge < -0.3 is 10.6 Å². The summed E-state index contributed by atoms with van der Waals surface area (Å²) in [6.45, 7) is 0.471. The fourth-order valence-electron chi connectivity index (χ4n) is 3.05. The molecule has 0 aromatic heterocycles. The summed E-state index contributed by atoms with van der Waals surface area (Å²) in [5.41, 5.74) is 7.50. The molecule has 1 amide bonds. The highest BCUT2D eigenvalue weighted by Crippen LogP contribution is 2.43. The number of hydrogen-bond acceptors (Lipinski definition) is 4. The van der Waals surface area contributed by atoms with Crippen molar-refractivity contribution in [1.82, 2.24) is 0 Å². The van der Waals surface area contributed by atoms with Crippen LogP contribution in [0.1, 0.15) is 31.2 Å². The summed E-state index contributed by atoms with van der Waals surface area (Å²) in [4.78, 5) is 13.9. The lowest BCUT2D eigenvalue weighted by Gasteiger charge is -2.36. The van der Waals surface area contributed by atoms with Crippen molar-refractivity contribution in [2.75, 3.05) is 11.4 Å². The molecule has 110 valence electrons. The maximum absolute atomic E-state index is 12.3. The Balaban J connectivity index is 1.87. The van der Waals surface area contributed by atoms with Gasteiger partial charge in [0.1, 0.15) is 11.6 Å². The Bertz CT molecular complexity index is 729. The summed E-state index contributed by atoms with van der Waals surface area (Å²) in [6.07, 6.45) is 3.36. The molecule has 1 aliphatic carbocycles. The summed E-state index contributed by atoms with van der Waals surface area (Å²) >= 11 is 0. The van der Waals surface area contributed by atoms with E-state index in [0.717, 1.165) is 30.5 Å². The number of carbonyl (C=O) groups excluding carboxylic acids is 1. The van der Waals surface area contributed by atoms with E-state index in [-0.39, 0.29) is 16.9 Å². The molecule has 22 heavy (non-hydrogen) atoms. The van der Waals surface area contributed by atoms with Crippen molar-refractivity contribution in [3.05, 3.63) is 41.1 Å². The van der Waals surface area contributed by atoms with Crippen molar-refractivity contribution in [2.45, 2.75) is 31.1 Å². The summed E-state index contributed by atoms with van der Waals surface area (Å²) in [6, 6.07) is 11.8. The van der Waals surface area contributed by atoms with Crippen molar-refractivity contribution in [2.24, 2.45) is 5.73 Å². The highest BCUT2D eigenvalue weighted by atomic mass is 16.2. The van der Waals surface area contributed by atoms with E-state index < -0.39 is 0 Å². The van der Waals surface area contributed by atoms with Gasteiger partial charge in [0.2, 0.25) is 0 Å². The molecule has 0 bridgehead atoms. The largest absolute Gasteiger partial charge is 0.401 e. The summed E-state index contributed by atoms with van der Waals surface area (Å²) in [5, 5.41) is 18.4. The average Bonchev–Trinajstić information content (AvgIpc) is 2.48. The van der Waals surface area contributed by atoms with E-state index in [0.29, 0.717) is 18.7 Å². The molecule has 1 aromatic carbocycles. The zero-order chi connectivity index (χ0) is 15.7. The first kappa shape index (κ1) is 14.2. The summed E-state index contributed by atoms with van der Waals surface area (Å²) in [5.74, 6) is -0.349. The molecule has 1 heterocycles. The van der Waals surface area contributed by atoms with Crippen LogP contribution in [0.15, 0.2) is 35.5 Å². The van der Waals surface area contributed by atoms with E-state index in [4.69, 9.17) is 11.0 Å². The molecule has 2 aliphatic rings. The molecule has 0 radical (unpaired) electrons. The number of amides is 1. The predicted molar refractivity (Wildman–Crippen MR) is 81.4 cm³/mol. The van der Waals surface area contributed by atoms with Gasteiger partial charge >= 0.3 is 0 Å². The molecule has 3 rings (SSSR count). The Morgan fingerprint density at radius 1 is 1.18 bits per heavy atom. The molecule has 1 saturated carbocycles. The maximum Gasteiger partial charge on any atom is 0.270 e. The summed E-state index contributed by atoms with van der Waals surface area (Å²) < 4.78 is 0. The van der Waals surface area contributed by atoms with Gasteiger partial charge in [0, 0.05) is 24.4 Å². The van der Waals surface area contributed by atoms with E-state index in [1.807, 2.05) is 30.3 Å². The first-order valence-corrected chi connectivity index (χ1v) is 7.34. The average molecular weight is 292 g/mol. The van der Waals surface area contributed by atoms with Gasteiger partial charge in [-0.2, -0.15) is 10.5 Å². The van der Waals surface area contributed by atoms with Crippen molar-refractivity contribution in [1.29, 1.82) is 10.5 Å². The molecule has 5 nitrogen and oxygen atoms in total. The van der Waals surface area contributed by atoms with Crippen molar-refractivity contribution in [3.8, 4) is 12.1 Å². The van der Waals surface area contributed by atoms with Crippen molar-refractivity contribution < 1.29 is 4.79 Å². The molecule has 0 saturated heterocycles. The van der Waals surface area contributed by atoms with Crippen LogP contribution in [0.5, 0.6) is 0 Å². The Hall–Kier alpha value is -2.79. The number of nitrogens with zero attached hydrogens (tertiary/aromatic N) is 3. The van der Waals surface area contributed by atoms with Gasteiger partial charge in [0.25, 0.3) is 5.91 Å².